The van der Waals surface area contributed by atoms with Crippen molar-refractivity contribution in [3.8, 4) is 0 Å². The summed E-state index contributed by atoms with van der Waals surface area (Å²) >= 11 is 2.13. The second-order valence-corrected chi connectivity index (χ2v) is 10.6. The molecule has 5 aliphatic rings. The lowest BCUT2D eigenvalue weighted by atomic mass is 9.46. The van der Waals surface area contributed by atoms with Gasteiger partial charge in [-0.3, -0.25) is 9.59 Å². The Balaban J connectivity index is 1.54. The van der Waals surface area contributed by atoms with Gasteiger partial charge in [-0.2, -0.15) is 11.8 Å². The Bertz CT molecular complexity index is 652. The van der Waals surface area contributed by atoms with E-state index in [9.17, 15) is 9.59 Å². The first-order chi connectivity index (χ1) is 11.5. The number of hydrogen-bond donors (Lipinski definition) is 0. The largest absolute Gasteiger partial charge is 0.300 e. The lowest BCUT2D eigenvalue weighted by molar-refractivity contribution is -0.128. The first-order valence-corrected chi connectivity index (χ1v) is 10.9. The molecule has 2 nitrogen and oxygen atoms in total. The second kappa shape index (κ2) is 4.99. The van der Waals surface area contributed by atoms with E-state index in [0.29, 0.717) is 28.1 Å². The van der Waals surface area contributed by atoms with Crippen LogP contribution in [-0.2, 0) is 9.59 Å². The maximum atomic E-state index is 12.2. The van der Waals surface area contributed by atoms with Gasteiger partial charge in [-0.25, -0.2) is 0 Å². The molecular formula is C21H28O2S. The zero-order valence-corrected chi connectivity index (χ0v) is 15.7. The zero-order chi connectivity index (χ0) is 16.7. The van der Waals surface area contributed by atoms with Crippen molar-refractivity contribution in [2.75, 3.05) is 5.75 Å². The van der Waals surface area contributed by atoms with Crippen LogP contribution in [0.15, 0.2) is 11.6 Å². The molecule has 24 heavy (non-hydrogen) atoms. The van der Waals surface area contributed by atoms with Crippen molar-refractivity contribution in [3.63, 3.8) is 0 Å². The van der Waals surface area contributed by atoms with Crippen LogP contribution < -0.4 is 0 Å². The van der Waals surface area contributed by atoms with Gasteiger partial charge < -0.3 is 0 Å². The van der Waals surface area contributed by atoms with Crippen LogP contribution in [-0.4, -0.2) is 22.6 Å². The molecule has 1 aliphatic heterocycles. The Labute approximate surface area is 149 Å². The van der Waals surface area contributed by atoms with Gasteiger partial charge in [0.05, 0.1) is 0 Å². The summed E-state index contributed by atoms with van der Waals surface area (Å²) in [5.41, 5.74) is 2.11. The van der Waals surface area contributed by atoms with E-state index in [-0.39, 0.29) is 5.41 Å². The SMILES string of the molecule is CC(=O)[C@H]1CC[C@H]2[C@@H]3C[C@H]4SC[C@@]5(CCC(=O)C=C45)[C@H]3CC[C@]12C. The number of thioether (sulfide) groups is 1. The normalized spacial score (nSPS) is 52.3. The summed E-state index contributed by atoms with van der Waals surface area (Å²) in [6.07, 6.45) is 10.0. The zero-order valence-electron chi connectivity index (χ0n) is 14.8. The van der Waals surface area contributed by atoms with E-state index in [1.165, 1.54) is 37.0 Å². The number of Topliss-reactive ketones (excluding diaryl/α,β-unsaturated/α-hetero) is 1. The van der Waals surface area contributed by atoms with Crippen molar-refractivity contribution in [2.45, 2.75) is 64.0 Å². The van der Waals surface area contributed by atoms with E-state index in [1.54, 1.807) is 0 Å². The molecule has 0 unspecified atom stereocenters. The van der Waals surface area contributed by atoms with E-state index >= 15 is 0 Å². The second-order valence-electron chi connectivity index (χ2n) is 9.42. The fourth-order valence-corrected chi connectivity index (χ4v) is 9.57. The fraction of sp³-hybridized carbons (Fsp3) is 0.810. The van der Waals surface area contributed by atoms with Gasteiger partial charge in [0.15, 0.2) is 5.78 Å². The minimum atomic E-state index is 0.249. The molecule has 0 aromatic carbocycles. The average molecular weight is 345 g/mol. The van der Waals surface area contributed by atoms with Crippen LogP contribution in [0.3, 0.4) is 0 Å². The van der Waals surface area contributed by atoms with Gasteiger partial charge >= 0.3 is 0 Å². The summed E-state index contributed by atoms with van der Waals surface area (Å²) in [6.45, 7) is 4.24. The van der Waals surface area contributed by atoms with Crippen molar-refractivity contribution < 1.29 is 9.59 Å². The Morgan fingerprint density at radius 2 is 2.04 bits per heavy atom. The Kier molecular flexibility index (Phi) is 3.26. The monoisotopic (exact) mass is 344 g/mol. The van der Waals surface area contributed by atoms with Crippen LogP contribution in [0.2, 0.25) is 0 Å². The summed E-state index contributed by atoms with van der Waals surface area (Å²) in [7, 11) is 0. The molecule has 0 N–H and O–H groups in total. The number of carbonyl (C=O) groups is 2. The smallest absolute Gasteiger partial charge is 0.155 e. The standard InChI is InChI=1S/C21H28O2S/c1-12(22)15-3-4-16-14-10-19-18-9-13(23)5-8-21(18,11-24-19)17(14)6-7-20(15,16)2/h9,14-17,19H,3-8,10-11H2,1-2H3/t14-,15+,16-,17-,19+,20+,21-/m0/s1. The maximum absolute atomic E-state index is 12.2. The Hall–Kier alpha value is -0.570. The van der Waals surface area contributed by atoms with Crippen LogP contribution >= 0.6 is 11.8 Å². The molecule has 0 aromatic heterocycles. The summed E-state index contributed by atoms with van der Waals surface area (Å²) in [4.78, 5) is 24.2. The third-order valence-corrected chi connectivity index (χ3v) is 10.3. The van der Waals surface area contributed by atoms with Gasteiger partial charge in [-0.05, 0) is 80.3 Å². The Morgan fingerprint density at radius 1 is 1.21 bits per heavy atom. The number of ketones is 2. The topological polar surface area (TPSA) is 34.1 Å². The van der Waals surface area contributed by atoms with E-state index in [4.69, 9.17) is 0 Å². The van der Waals surface area contributed by atoms with Crippen LogP contribution in [0.5, 0.6) is 0 Å². The summed E-state index contributed by atoms with van der Waals surface area (Å²) in [5, 5.41) is 0.592. The van der Waals surface area contributed by atoms with Gasteiger partial charge in [0.1, 0.15) is 5.78 Å². The van der Waals surface area contributed by atoms with Gasteiger partial charge in [-0.15, -0.1) is 0 Å². The first kappa shape index (κ1) is 15.7. The minimum absolute atomic E-state index is 0.249. The number of rotatable bonds is 1. The molecule has 3 heteroatoms. The van der Waals surface area contributed by atoms with Gasteiger partial charge in [-0.1, -0.05) is 6.92 Å². The highest BCUT2D eigenvalue weighted by Crippen LogP contribution is 2.70. The van der Waals surface area contributed by atoms with Crippen molar-refractivity contribution >= 4 is 23.3 Å². The molecule has 2 bridgehead atoms. The molecule has 0 radical (unpaired) electrons. The Morgan fingerprint density at radius 3 is 2.83 bits per heavy atom. The first-order valence-electron chi connectivity index (χ1n) is 9.83. The third kappa shape index (κ3) is 1.80. The quantitative estimate of drug-likeness (QED) is 0.706. The number of carbonyl (C=O) groups excluding carboxylic acids is 2. The lowest BCUT2D eigenvalue weighted by Crippen LogP contribution is -2.52. The maximum Gasteiger partial charge on any atom is 0.155 e. The minimum Gasteiger partial charge on any atom is -0.300 e. The predicted octanol–water partition coefficient (Wildman–Crippen LogP) is 4.43. The van der Waals surface area contributed by atoms with Crippen molar-refractivity contribution in [2.24, 2.45) is 34.5 Å². The van der Waals surface area contributed by atoms with Gasteiger partial charge in [0, 0.05) is 28.8 Å². The molecule has 4 fully saturated rings. The molecule has 3 saturated carbocycles. The molecule has 7 atom stereocenters. The third-order valence-electron chi connectivity index (χ3n) is 8.72. The highest BCUT2D eigenvalue weighted by molar-refractivity contribution is 8.00. The van der Waals surface area contributed by atoms with E-state index in [1.807, 2.05) is 13.0 Å². The molecule has 0 spiro atoms. The highest BCUT2D eigenvalue weighted by Gasteiger charge is 2.64. The molecule has 0 aromatic rings. The van der Waals surface area contributed by atoms with Crippen LogP contribution in [0.25, 0.3) is 0 Å². The molecule has 1 heterocycles. The van der Waals surface area contributed by atoms with Crippen LogP contribution in [0.1, 0.15) is 58.8 Å². The van der Waals surface area contributed by atoms with E-state index in [0.717, 1.165) is 37.0 Å². The lowest BCUT2D eigenvalue weighted by Gasteiger charge is -2.57. The van der Waals surface area contributed by atoms with Gasteiger partial charge in [0.2, 0.25) is 0 Å². The summed E-state index contributed by atoms with van der Waals surface area (Å²) < 4.78 is 0. The summed E-state index contributed by atoms with van der Waals surface area (Å²) in [6, 6.07) is 0. The van der Waals surface area contributed by atoms with E-state index in [2.05, 4.69) is 18.7 Å². The fourth-order valence-electron chi connectivity index (χ4n) is 7.71. The molecule has 5 rings (SSSR count). The van der Waals surface area contributed by atoms with Crippen molar-refractivity contribution in [3.05, 3.63) is 11.6 Å². The molecule has 4 aliphatic carbocycles. The number of hydrogen-bond acceptors (Lipinski definition) is 3. The highest BCUT2D eigenvalue weighted by atomic mass is 32.2. The van der Waals surface area contributed by atoms with Crippen molar-refractivity contribution in [1.82, 2.24) is 0 Å². The van der Waals surface area contributed by atoms with Gasteiger partial charge in [0.25, 0.3) is 0 Å². The molecule has 0 amide bonds. The van der Waals surface area contributed by atoms with Crippen molar-refractivity contribution in [1.29, 1.82) is 0 Å². The molecule has 1 saturated heterocycles. The van der Waals surface area contributed by atoms with E-state index < -0.39 is 0 Å². The average Bonchev–Trinajstić information content (AvgIpc) is 3.02. The summed E-state index contributed by atoms with van der Waals surface area (Å²) in [5.74, 6) is 4.64. The van der Waals surface area contributed by atoms with Crippen LogP contribution in [0.4, 0.5) is 0 Å². The molecular weight excluding hydrogens is 316 g/mol. The predicted molar refractivity (Wildman–Crippen MR) is 96.8 cm³/mol. The van der Waals surface area contributed by atoms with Crippen LogP contribution in [0, 0.1) is 34.5 Å². The number of fused-ring (bicyclic) bond motifs is 3. The molecule has 130 valence electrons.